The quantitative estimate of drug-likeness (QED) is 0.790. The lowest BCUT2D eigenvalue weighted by atomic mass is 9.82. The van der Waals surface area contributed by atoms with E-state index < -0.39 is 11.6 Å². The van der Waals surface area contributed by atoms with Gasteiger partial charge in [-0.15, -0.1) is 12.4 Å². The second kappa shape index (κ2) is 7.96. The lowest BCUT2D eigenvalue weighted by Gasteiger charge is -2.34. The van der Waals surface area contributed by atoms with Crippen molar-refractivity contribution in [2.24, 2.45) is 5.73 Å². The summed E-state index contributed by atoms with van der Waals surface area (Å²) in [5, 5.41) is 2.79. The Kier molecular flexibility index (Phi) is 6.90. The number of nitrogens with one attached hydrogen (secondary N) is 1. The van der Waals surface area contributed by atoms with Crippen molar-refractivity contribution < 1.29 is 14.3 Å². The fourth-order valence-corrected chi connectivity index (χ4v) is 2.87. The highest BCUT2D eigenvalue weighted by Gasteiger charge is 2.37. The van der Waals surface area contributed by atoms with Crippen LogP contribution < -0.4 is 11.1 Å². The molecule has 0 spiro atoms. The summed E-state index contributed by atoms with van der Waals surface area (Å²) in [5.41, 5.74) is 5.38. The van der Waals surface area contributed by atoms with E-state index in [4.69, 9.17) is 10.5 Å². The van der Waals surface area contributed by atoms with Crippen LogP contribution in [0.5, 0.6) is 0 Å². The van der Waals surface area contributed by atoms with Crippen molar-refractivity contribution in [1.29, 1.82) is 0 Å². The van der Waals surface area contributed by atoms with Crippen molar-refractivity contribution in [3.8, 4) is 0 Å². The minimum Gasteiger partial charge on any atom is -0.378 e. The van der Waals surface area contributed by atoms with Gasteiger partial charge in [0.05, 0.1) is 18.8 Å². The van der Waals surface area contributed by atoms with Gasteiger partial charge in [-0.2, -0.15) is 0 Å². The number of nitrogens with two attached hydrogens (primary N) is 1. The van der Waals surface area contributed by atoms with Crippen LogP contribution in [0.1, 0.15) is 39.0 Å². The second-order valence-corrected chi connectivity index (χ2v) is 5.85. The molecule has 1 unspecified atom stereocenters. The summed E-state index contributed by atoms with van der Waals surface area (Å²) in [7, 11) is 0. The first-order valence-corrected chi connectivity index (χ1v) is 7.49. The predicted octanol–water partition coefficient (Wildman–Crippen LogP) is 0.433. The van der Waals surface area contributed by atoms with Crippen molar-refractivity contribution >= 4 is 24.2 Å². The van der Waals surface area contributed by atoms with Crippen LogP contribution in [0.2, 0.25) is 0 Å². The van der Waals surface area contributed by atoms with Gasteiger partial charge in [-0.25, -0.2) is 0 Å². The van der Waals surface area contributed by atoms with Gasteiger partial charge in [0.2, 0.25) is 11.8 Å². The molecule has 122 valence electrons. The van der Waals surface area contributed by atoms with E-state index in [1.165, 1.54) is 0 Å². The molecule has 0 aromatic rings. The highest BCUT2D eigenvalue weighted by atomic mass is 35.5. The summed E-state index contributed by atoms with van der Waals surface area (Å²) in [6.45, 7) is 4.03. The summed E-state index contributed by atoms with van der Waals surface area (Å²) in [4.78, 5) is 26.3. The average Bonchev–Trinajstić information content (AvgIpc) is 2.48. The largest absolute Gasteiger partial charge is 0.378 e. The van der Waals surface area contributed by atoms with Gasteiger partial charge in [0.25, 0.3) is 0 Å². The van der Waals surface area contributed by atoms with Crippen molar-refractivity contribution in [2.45, 2.75) is 50.6 Å². The molecule has 1 aliphatic heterocycles. The molecule has 1 heterocycles. The van der Waals surface area contributed by atoms with Gasteiger partial charge in [0.1, 0.15) is 6.04 Å². The minimum absolute atomic E-state index is 0. The van der Waals surface area contributed by atoms with Crippen molar-refractivity contribution in [2.75, 3.05) is 26.3 Å². The molecule has 0 radical (unpaired) electrons. The molecule has 3 N–H and O–H groups in total. The van der Waals surface area contributed by atoms with E-state index in [-0.39, 0.29) is 24.2 Å². The SMILES string of the molecule is CC(NC(=O)C1(N)CCCCC1)C(=O)N1CCOCC1.Cl. The fourth-order valence-electron chi connectivity index (χ4n) is 2.87. The topological polar surface area (TPSA) is 84.7 Å². The molecule has 6 nitrogen and oxygen atoms in total. The van der Waals surface area contributed by atoms with Gasteiger partial charge in [0.15, 0.2) is 0 Å². The molecule has 7 heteroatoms. The smallest absolute Gasteiger partial charge is 0.245 e. The molecule has 2 rings (SSSR count). The molecule has 0 aromatic carbocycles. The number of morpholine rings is 1. The summed E-state index contributed by atoms with van der Waals surface area (Å²) >= 11 is 0. The number of rotatable bonds is 3. The molecular weight excluding hydrogens is 294 g/mol. The van der Waals surface area contributed by atoms with E-state index in [1.54, 1.807) is 11.8 Å². The summed E-state index contributed by atoms with van der Waals surface area (Å²) in [6, 6.07) is -0.525. The maximum absolute atomic E-state index is 12.3. The zero-order valence-electron chi connectivity index (χ0n) is 12.6. The van der Waals surface area contributed by atoms with E-state index in [0.717, 1.165) is 19.3 Å². The summed E-state index contributed by atoms with van der Waals surface area (Å²) in [5.74, 6) is -0.243. The molecule has 1 saturated carbocycles. The van der Waals surface area contributed by atoms with E-state index >= 15 is 0 Å². The molecule has 2 amide bonds. The van der Waals surface area contributed by atoms with Gasteiger partial charge in [0, 0.05) is 13.1 Å². The minimum atomic E-state index is -0.794. The molecule has 1 saturated heterocycles. The Bertz CT molecular complexity index is 366. The first-order valence-electron chi connectivity index (χ1n) is 7.49. The van der Waals surface area contributed by atoms with Crippen molar-refractivity contribution in [3.63, 3.8) is 0 Å². The third-order valence-corrected chi connectivity index (χ3v) is 4.24. The second-order valence-electron chi connectivity index (χ2n) is 5.85. The van der Waals surface area contributed by atoms with E-state index in [1.807, 2.05) is 0 Å². The Morgan fingerprint density at radius 3 is 2.33 bits per heavy atom. The molecule has 1 atom stereocenters. The molecule has 2 fully saturated rings. The standard InChI is InChI=1S/C14H25N3O3.ClH/c1-11(12(18)17-7-9-20-10-8-17)16-13(19)14(15)5-3-2-4-6-14;/h11H,2-10,15H2,1H3,(H,16,19);1H. The van der Waals surface area contributed by atoms with Crippen molar-refractivity contribution in [3.05, 3.63) is 0 Å². The number of carbonyl (C=O) groups excluding carboxylic acids is 2. The maximum Gasteiger partial charge on any atom is 0.245 e. The Morgan fingerprint density at radius 2 is 1.76 bits per heavy atom. The fraction of sp³-hybridized carbons (Fsp3) is 0.857. The predicted molar refractivity (Wildman–Crippen MR) is 82.3 cm³/mol. The zero-order valence-corrected chi connectivity index (χ0v) is 13.4. The van der Waals surface area contributed by atoms with Crippen LogP contribution >= 0.6 is 12.4 Å². The van der Waals surface area contributed by atoms with Crippen LogP contribution in [0.15, 0.2) is 0 Å². The number of amides is 2. The van der Waals surface area contributed by atoms with Gasteiger partial charge in [-0.3, -0.25) is 9.59 Å². The molecule has 2 aliphatic rings. The van der Waals surface area contributed by atoms with E-state index in [0.29, 0.717) is 39.1 Å². The van der Waals surface area contributed by atoms with Gasteiger partial charge < -0.3 is 20.7 Å². The maximum atomic E-state index is 12.3. The van der Waals surface area contributed by atoms with Gasteiger partial charge in [-0.1, -0.05) is 19.3 Å². The molecule has 0 aromatic heterocycles. The molecule has 21 heavy (non-hydrogen) atoms. The lowest BCUT2D eigenvalue weighted by molar-refractivity contribution is -0.140. The molecule has 0 bridgehead atoms. The third-order valence-electron chi connectivity index (χ3n) is 4.24. The Hall–Kier alpha value is -0.850. The first kappa shape index (κ1) is 18.2. The lowest BCUT2D eigenvalue weighted by Crippen LogP contribution is -2.59. The number of carbonyl (C=O) groups is 2. The number of ether oxygens (including phenoxy) is 1. The third kappa shape index (κ3) is 4.56. The van der Waals surface area contributed by atoms with Crippen LogP contribution in [-0.4, -0.2) is 54.6 Å². The molecular formula is C14H26ClN3O3. The van der Waals surface area contributed by atoms with E-state index in [2.05, 4.69) is 5.32 Å². The number of nitrogens with zero attached hydrogens (tertiary/aromatic N) is 1. The Morgan fingerprint density at radius 1 is 1.19 bits per heavy atom. The van der Waals surface area contributed by atoms with Crippen LogP contribution in [0.3, 0.4) is 0 Å². The molecule has 1 aliphatic carbocycles. The average molecular weight is 320 g/mol. The van der Waals surface area contributed by atoms with Crippen LogP contribution in [0, 0.1) is 0 Å². The van der Waals surface area contributed by atoms with Crippen LogP contribution in [-0.2, 0) is 14.3 Å². The van der Waals surface area contributed by atoms with Gasteiger partial charge >= 0.3 is 0 Å². The normalized spacial score (nSPS) is 22.9. The van der Waals surface area contributed by atoms with Crippen LogP contribution in [0.4, 0.5) is 0 Å². The zero-order chi connectivity index (χ0) is 14.6. The summed E-state index contributed by atoms with van der Waals surface area (Å²) in [6.07, 6.45) is 4.51. The van der Waals surface area contributed by atoms with Crippen molar-refractivity contribution in [1.82, 2.24) is 10.2 Å². The highest BCUT2D eigenvalue weighted by Crippen LogP contribution is 2.26. The Balaban J connectivity index is 0.00000220. The monoisotopic (exact) mass is 319 g/mol. The first-order chi connectivity index (χ1) is 9.53. The number of hydrogen-bond acceptors (Lipinski definition) is 4. The Labute approximate surface area is 132 Å². The summed E-state index contributed by atoms with van der Waals surface area (Å²) < 4.78 is 5.22. The van der Waals surface area contributed by atoms with Gasteiger partial charge in [-0.05, 0) is 19.8 Å². The number of halogens is 1. The van der Waals surface area contributed by atoms with E-state index in [9.17, 15) is 9.59 Å². The number of hydrogen-bond donors (Lipinski definition) is 2. The highest BCUT2D eigenvalue weighted by molar-refractivity contribution is 5.91. The van der Waals surface area contributed by atoms with Crippen LogP contribution in [0.25, 0.3) is 0 Å².